The fraction of sp³-hybridized carbons (Fsp3) is 0.839. The molecule has 0 spiro atoms. The lowest BCUT2D eigenvalue weighted by Crippen LogP contribution is -2.60. The van der Waals surface area contributed by atoms with E-state index in [0.29, 0.717) is 19.4 Å². The average Bonchev–Trinajstić information content (AvgIpc) is 0.825. The van der Waals surface area contributed by atoms with E-state index in [1.165, 1.54) is 308 Å². The fourth-order valence-electron chi connectivity index (χ4n) is 13.2. The van der Waals surface area contributed by atoms with Gasteiger partial charge in [-0.05, 0) is 109 Å². The molecule has 98 heavy (non-hydrogen) atoms. The number of rotatable bonds is 75. The van der Waals surface area contributed by atoms with E-state index >= 15 is 0 Å². The lowest BCUT2D eigenvalue weighted by molar-refractivity contribution is -0.302. The summed E-state index contributed by atoms with van der Waals surface area (Å²) in [4.78, 5) is 25.2. The molecule has 1 rings (SSSR count). The molecule has 0 aromatic heterocycles. The maximum absolute atomic E-state index is 13.1. The molecule has 7 unspecified atom stereocenters. The van der Waals surface area contributed by atoms with E-state index in [1.54, 1.807) is 6.08 Å². The third-order valence-corrected chi connectivity index (χ3v) is 19.8. The molecular weight excluding hydrogens is 1220 g/mol. The summed E-state index contributed by atoms with van der Waals surface area (Å²) < 4.78 is 16.8. The Balaban J connectivity index is 1.89. The van der Waals surface area contributed by atoms with Crippen LogP contribution in [-0.2, 0) is 23.8 Å². The molecule has 0 saturated carbocycles. The second-order valence-electron chi connectivity index (χ2n) is 29.2. The molecule has 572 valence electrons. The van der Waals surface area contributed by atoms with Crippen molar-refractivity contribution < 1.29 is 49.3 Å². The first-order chi connectivity index (χ1) is 48.2. The van der Waals surface area contributed by atoms with E-state index in [9.17, 15) is 35.1 Å². The normalized spacial score (nSPS) is 17.6. The third-order valence-electron chi connectivity index (χ3n) is 19.8. The summed E-state index contributed by atoms with van der Waals surface area (Å²) in [6, 6.07) is -0.826. The summed E-state index contributed by atoms with van der Waals surface area (Å²) in [6.45, 7) is 4.34. The van der Waals surface area contributed by atoms with Crippen molar-refractivity contribution in [2.75, 3.05) is 19.8 Å². The summed E-state index contributed by atoms with van der Waals surface area (Å²) in [6.07, 6.45) is 93.8. The highest BCUT2D eigenvalue weighted by Gasteiger charge is 2.44. The average molecular weight is 1380 g/mol. The van der Waals surface area contributed by atoms with Crippen LogP contribution in [0.3, 0.4) is 0 Å². The monoisotopic (exact) mass is 1380 g/mol. The highest BCUT2D eigenvalue weighted by atomic mass is 16.7. The predicted molar refractivity (Wildman–Crippen MR) is 416 cm³/mol. The first-order valence-corrected chi connectivity index (χ1v) is 42.2. The van der Waals surface area contributed by atoms with Gasteiger partial charge in [0.1, 0.15) is 24.4 Å². The van der Waals surface area contributed by atoms with Crippen molar-refractivity contribution >= 4 is 11.9 Å². The molecule has 0 aliphatic carbocycles. The van der Waals surface area contributed by atoms with E-state index < -0.39 is 49.5 Å². The molecule has 1 heterocycles. The number of allylic oxidation sites excluding steroid dienone is 11. The van der Waals surface area contributed by atoms with Gasteiger partial charge in [0.15, 0.2) is 6.29 Å². The van der Waals surface area contributed by atoms with Crippen molar-refractivity contribution in [1.29, 1.82) is 0 Å². The first-order valence-electron chi connectivity index (χ1n) is 42.2. The molecule has 1 saturated heterocycles. The lowest BCUT2D eigenvalue weighted by atomic mass is 9.99. The topological polar surface area (TPSA) is 175 Å². The highest BCUT2D eigenvalue weighted by molar-refractivity contribution is 5.76. The quantitative estimate of drug-likeness (QED) is 0.0195. The van der Waals surface area contributed by atoms with Crippen LogP contribution in [0.25, 0.3) is 0 Å². The molecule has 1 aliphatic heterocycles. The minimum atomic E-state index is -1.58. The van der Waals surface area contributed by atoms with Gasteiger partial charge in [-0.1, -0.05) is 356 Å². The third kappa shape index (κ3) is 62.8. The number of hydrogen-bond donors (Lipinski definition) is 6. The van der Waals surface area contributed by atoms with Crippen molar-refractivity contribution in [3.05, 3.63) is 72.9 Å². The van der Waals surface area contributed by atoms with Crippen LogP contribution in [0.1, 0.15) is 406 Å². The van der Waals surface area contributed by atoms with Crippen molar-refractivity contribution in [3.8, 4) is 0 Å². The maximum Gasteiger partial charge on any atom is 0.305 e. The van der Waals surface area contributed by atoms with Gasteiger partial charge in [0.25, 0.3) is 0 Å². The molecule has 1 fully saturated rings. The predicted octanol–water partition coefficient (Wildman–Crippen LogP) is 23.4. The van der Waals surface area contributed by atoms with Crippen molar-refractivity contribution in [2.24, 2.45) is 0 Å². The fourth-order valence-corrected chi connectivity index (χ4v) is 13.2. The van der Waals surface area contributed by atoms with Crippen LogP contribution in [0, 0.1) is 0 Å². The van der Waals surface area contributed by atoms with Crippen LogP contribution in [0.2, 0.25) is 0 Å². The van der Waals surface area contributed by atoms with Crippen LogP contribution >= 0.6 is 0 Å². The van der Waals surface area contributed by atoms with E-state index in [4.69, 9.17) is 14.2 Å². The molecule has 6 N–H and O–H groups in total. The van der Waals surface area contributed by atoms with Gasteiger partial charge in [0.2, 0.25) is 5.91 Å². The van der Waals surface area contributed by atoms with Crippen molar-refractivity contribution in [3.63, 3.8) is 0 Å². The number of ether oxygens (including phenoxy) is 3. The SMILES string of the molecule is CCCCCC/C=C\C/C=C\CCCCCCCCCC(=O)OCCCCCCCCCCCCCCCCC/C=C\C/C=C\CCCCCCCCCCCCCCCCCCCC(=O)NC(COC1OC(CO)C(O)C(O)C1O)C(O)/C=C/CC/C=C/CCCCCCCCC. The Morgan fingerprint density at radius 2 is 0.694 bits per heavy atom. The van der Waals surface area contributed by atoms with Crippen LogP contribution in [-0.4, -0.2) is 100 Å². The number of amides is 1. The number of carbonyl (C=O) groups excluding carboxylic acids is 2. The molecule has 0 bridgehead atoms. The lowest BCUT2D eigenvalue weighted by Gasteiger charge is -2.40. The van der Waals surface area contributed by atoms with Gasteiger partial charge in [0.05, 0.1) is 32.0 Å². The van der Waals surface area contributed by atoms with Crippen molar-refractivity contribution in [2.45, 2.75) is 448 Å². The van der Waals surface area contributed by atoms with Gasteiger partial charge in [-0.2, -0.15) is 0 Å². The second-order valence-corrected chi connectivity index (χ2v) is 29.2. The Kier molecular flexibility index (Phi) is 71.5. The number of aliphatic hydroxyl groups is 5. The Bertz CT molecular complexity index is 1860. The summed E-state index contributed by atoms with van der Waals surface area (Å²) in [5, 5.41) is 54.5. The number of hydrogen-bond acceptors (Lipinski definition) is 10. The number of esters is 1. The summed E-state index contributed by atoms with van der Waals surface area (Å²) in [5.74, 6) is -0.180. The number of unbranched alkanes of at least 4 members (excludes halogenated alkanes) is 51. The highest BCUT2D eigenvalue weighted by Crippen LogP contribution is 2.24. The largest absolute Gasteiger partial charge is 0.466 e. The summed E-state index contributed by atoms with van der Waals surface area (Å²) in [5.41, 5.74) is 0. The van der Waals surface area contributed by atoms with Gasteiger partial charge < -0.3 is 45.1 Å². The van der Waals surface area contributed by atoms with Crippen LogP contribution < -0.4 is 5.32 Å². The number of nitrogens with one attached hydrogen (secondary N) is 1. The van der Waals surface area contributed by atoms with Gasteiger partial charge in [-0.15, -0.1) is 0 Å². The van der Waals surface area contributed by atoms with Crippen LogP contribution in [0.4, 0.5) is 0 Å². The molecule has 7 atom stereocenters. The van der Waals surface area contributed by atoms with Gasteiger partial charge >= 0.3 is 5.97 Å². The Labute approximate surface area is 604 Å². The van der Waals surface area contributed by atoms with E-state index in [2.05, 4.69) is 79.9 Å². The van der Waals surface area contributed by atoms with E-state index in [-0.39, 0.29) is 18.5 Å². The second kappa shape index (κ2) is 75.3. The molecule has 1 amide bonds. The molecule has 1 aliphatic rings. The Hall–Kier alpha value is -2.90. The molecule has 11 heteroatoms. The molecule has 0 aromatic rings. The minimum absolute atomic E-state index is 0.00723. The summed E-state index contributed by atoms with van der Waals surface area (Å²) in [7, 11) is 0. The summed E-state index contributed by atoms with van der Waals surface area (Å²) >= 11 is 0. The standard InChI is InChI=1S/C87H159NO10/c1-3-5-7-9-11-13-15-17-18-19-44-47-51-55-59-63-67-71-75-83(92)96-76-72-68-64-60-56-52-48-45-42-40-38-36-34-32-30-28-26-24-22-20-21-23-25-27-29-31-33-35-37-39-41-43-46-50-54-58-62-66-70-74-82(91)88-79(78-97-87-86(95)85(94)84(93)81(77-89)98-87)80(90)73-69-65-61-57-53-49-16-14-12-10-8-6-4-2/h13,15,18-21,24,26,53,57,69,73,79-81,84-87,89-90,93-95H,3-12,14,16-17,22-23,25,27-52,54-56,58-68,70-72,74-78H2,1-2H3,(H,88,91)/b15-13-,19-18-,21-20-,26-24-,57-53+,73-69+. The first kappa shape index (κ1) is 93.1. The van der Waals surface area contributed by atoms with Crippen LogP contribution in [0.5, 0.6) is 0 Å². The minimum Gasteiger partial charge on any atom is -0.466 e. The maximum atomic E-state index is 13.1. The van der Waals surface area contributed by atoms with Crippen LogP contribution in [0.15, 0.2) is 72.9 Å². The zero-order chi connectivity index (χ0) is 70.8. The Morgan fingerprint density at radius 1 is 0.378 bits per heavy atom. The molecular formula is C87H159NO10. The molecule has 11 nitrogen and oxygen atoms in total. The van der Waals surface area contributed by atoms with Gasteiger partial charge in [-0.25, -0.2) is 0 Å². The van der Waals surface area contributed by atoms with Crippen molar-refractivity contribution in [1.82, 2.24) is 5.32 Å². The Morgan fingerprint density at radius 3 is 1.08 bits per heavy atom. The van der Waals surface area contributed by atoms with E-state index in [1.807, 2.05) is 6.08 Å². The molecule has 0 aromatic carbocycles. The molecule has 0 radical (unpaired) electrons. The smallest absolute Gasteiger partial charge is 0.305 e. The number of carbonyl (C=O) groups is 2. The van der Waals surface area contributed by atoms with Gasteiger partial charge in [0, 0.05) is 12.8 Å². The van der Waals surface area contributed by atoms with Gasteiger partial charge in [-0.3, -0.25) is 9.59 Å². The zero-order valence-corrected chi connectivity index (χ0v) is 64.0. The zero-order valence-electron chi connectivity index (χ0n) is 64.0. The van der Waals surface area contributed by atoms with E-state index in [0.717, 1.165) is 70.6 Å². The number of aliphatic hydroxyl groups excluding tert-OH is 5.